The lowest BCUT2D eigenvalue weighted by molar-refractivity contribution is -0.134. The topological polar surface area (TPSA) is 85.3 Å². The van der Waals surface area contributed by atoms with Gasteiger partial charge in [0.1, 0.15) is 5.60 Å². The van der Waals surface area contributed by atoms with Gasteiger partial charge in [-0.05, 0) is 72.1 Å². The van der Waals surface area contributed by atoms with Crippen LogP contribution in [-0.4, -0.2) is 83.4 Å². The number of carboxylic acids is 1. The van der Waals surface area contributed by atoms with Gasteiger partial charge in [0.15, 0.2) is 0 Å². The number of likely N-dealkylation sites (tertiary alicyclic amines) is 1. The van der Waals surface area contributed by atoms with Crippen LogP contribution in [0.5, 0.6) is 0 Å². The number of benzene rings is 1. The normalized spacial score (nSPS) is 18.0. The summed E-state index contributed by atoms with van der Waals surface area (Å²) in [5.74, 6) is -0.833. The molecular weight excluding hydrogens is 444 g/mol. The Hall–Kier alpha value is -2.32. The number of piperidine rings is 1. The first-order valence-corrected chi connectivity index (χ1v) is 12.7. The molecule has 0 unspecified atom stereocenters. The summed E-state index contributed by atoms with van der Waals surface area (Å²) in [6.45, 7) is 20.1. The van der Waals surface area contributed by atoms with Crippen molar-refractivity contribution >= 4 is 17.7 Å². The molecule has 1 aromatic rings. The fourth-order valence-electron chi connectivity index (χ4n) is 4.31. The van der Waals surface area contributed by atoms with Crippen molar-refractivity contribution < 1.29 is 19.4 Å². The van der Waals surface area contributed by atoms with Gasteiger partial charge in [0.25, 0.3) is 5.97 Å². The van der Waals surface area contributed by atoms with Crippen LogP contribution < -0.4 is 10.2 Å². The lowest BCUT2D eigenvalue weighted by Gasteiger charge is -2.41. The molecule has 0 saturated carbocycles. The third kappa shape index (κ3) is 10.4. The van der Waals surface area contributed by atoms with E-state index in [0.717, 1.165) is 26.6 Å². The number of hydrogen-bond acceptors (Lipinski definition) is 6. The Morgan fingerprint density at radius 3 is 1.91 bits per heavy atom. The summed E-state index contributed by atoms with van der Waals surface area (Å²) >= 11 is 0. The van der Waals surface area contributed by atoms with Gasteiger partial charge in [-0.15, -0.1) is 0 Å². The molecule has 1 amide bonds. The number of carbonyl (C=O) groups excluding carboxylic acids is 1. The van der Waals surface area contributed by atoms with E-state index in [0.29, 0.717) is 19.1 Å². The van der Waals surface area contributed by atoms with E-state index in [9.17, 15) is 4.79 Å². The smallest absolute Gasteiger partial charge is 0.410 e. The zero-order chi connectivity index (χ0) is 26.2. The molecule has 2 aliphatic heterocycles. The Morgan fingerprint density at radius 2 is 1.46 bits per heavy atom. The maximum absolute atomic E-state index is 12.2. The Bertz CT molecular complexity index is 794. The number of rotatable bonds is 4. The van der Waals surface area contributed by atoms with E-state index in [2.05, 4.69) is 60.2 Å². The third-order valence-electron chi connectivity index (χ3n) is 6.27. The van der Waals surface area contributed by atoms with Crippen molar-refractivity contribution in [3.8, 4) is 0 Å². The van der Waals surface area contributed by atoms with Gasteiger partial charge in [-0.1, -0.05) is 12.1 Å². The first-order valence-electron chi connectivity index (χ1n) is 12.7. The molecule has 2 N–H and O–H groups in total. The van der Waals surface area contributed by atoms with E-state index in [1.165, 1.54) is 37.2 Å². The number of piperazine rings is 1. The van der Waals surface area contributed by atoms with Gasteiger partial charge in [-0.25, -0.2) is 4.79 Å². The number of ether oxygens (including phenoxy) is 1. The predicted molar refractivity (Wildman–Crippen MR) is 141 cm³/mol. The van der Waals surface area contributed by atoms with Crippen molar-refractivity contribution in [1.82, 2.24) is 15.1 Å². The molecule has 2 heterocycles. The molecule has 2 aliphatic rings. The molecule has 0 aliphatic carbocycles. The van der Waals surface area contributed by atoms with E-state index >= 15 is 0 Å². The molecule has 0 atom stereocenters. The molecule has 35 heavy (non-hydrogen) atoms. The summed E-state index contributed by atoms with van der Waals surface area (Å²) in [5.41, 5.74) is 2.39. The lowest BCUT2D eigenvalue weighted by Crippen LogP contribution is -2.50. The van der Waals surface area contributed by atoms with Crippen molar-refractivity contribution in [2.45, 2.75) is 85.0 Å². The Labute approximate surface area is 211 Å². The number of nitrogens with zero attached hydrogens (tertiary/aromatic N) is 3. The number of carboxylic acid groups (broad SMARTS) is 1. The van der Waals surface area contributed by atoms with Crippen molar-refractivity contribution in [2.24, 2.45) is 0 Å². The van der Waals surface area contributed by atoms with Gasteiger partial charge < -0.3 is 25.0 Å². The molecule has 0 radical (unpaired) electrons. The molecule has 8 nitrogen and oxygen atoms in total. The fourth-order valence-corrected chi connectivity index (χ4v) is 4.31. The van der Waals surface area contributed by atoms with E-state index in [1.54, 1.807) is 0 Å². The van der Waals surface area contributed by atoms with Gasteiger partial charge in [0.05, 0.1) is 0 Å². The average Bonchev–Trinajstić information content (AvgIpc) is 2.76. The first kappa shape index (κ1) is 28.9. The fraction of sp³-hybridized carbons (Fsp3) is 0.704. The highest BCUT2D eigenvalue weighted by Gasteiger charge is 2.27. The molecule has 0 aromatic heterocycles. The monoisotopic (exact) mass is 490 g/mol. The summed E-state index contributed by atoms with van der Waals surface area (Å²) < 4.78 is 5.49. The minimum Gasteiger partial charge on any atom is -0.481 e. The second kappa shape index (κ2) is 12.6. The third-order valence-corrected chi connectivity index (χ3v) is 6.27. The van der Waals surface area contributed by atoms with Crippen LogP contribution in [0.1, 0.15) is 66.9 Å². The standard InChI is InChI=1S/C25H42N4O2.C2H4O2/c1-24(2,3)29-13-11-21(12-14-29)26-19-20-7-9-22(10-8-20)27-15-17-28(18-16-27)23(30)31-25(4,5)6;1-2(3)4/h7-10,21,26H,11-19H2,1-6H3;1H3,(H,3,4). The number of anilines is 1. The van der Waals surface area contributed by atoms with Crippen LogP contribution in [0.25, 0.3) is 0 Å². The van der Waals surface area contributed by atoms with Crippen LogP contribution in [0, 0.1) is 0 Å². The van der Waals surface area contributed by atoms with Gasteiger partial charge >= 0.3 is 6.09 Å². The largest absolute Gasteiger partial charge is 0.481 e. The first-order chi connectivity index (χ1) is 16.2. The van der Waals surface area contributed by atoms with Crippen LogP contribution in [0.15, 0.2) is 24.3 Å². The minimum atomic E-state index is -0.833. The van der Waals surface area contributed by atoms with Crippen molar-refractivity contribution in [2.75, 3.05) is 44.2 Å². The number of nitrogens with one attached hydrogen (secondary N) is 1. The maximum Gasteiger partial charge on any atom is 0.410 e. The van der Waals surface area contributed by atoms with E-state index in [4.69, 9.17) is 14.6 Å². The van der Waals surface area contributed by atoms with Gasteiger partial charge in [-0.3, -0.25) is 9.69 Å². The van der Waals surface area contributed by atoms with Gasteiger partial charge in [0, 0.05) is 70.0 Å². The second-order valence-corrected chi connectivity index (χ2v) is 11.5. The Balaban J connectivity index is 0.00000100. The molecule has 0 spiro atoms. The lowest BCUT2D eigenvalue weighted by atomic mass is 9.98. The van der Waals surface area contributed by atoms with E-state index in [-0.39, 0.29) is 11.6 Å². The highest BCUT2D eigenvalue weighted by molar-refractivity contribution is 5.68. The molecule has 198 valence electrons. The molecule has 2 saturated heterocycles. The highest BCUT2D eigenvalue weighted by Crippen LogP contribution is 2.21. The molecule has 2 fully saturated rings. The molecule has 1 aromatic carbocycles. The zero-order valence-electron chi connectivity index (χ0n) is 22.8. The number of hydrogen-bond donors (Lipinski definition) is 2. The van der Waals surface area contributed by atoms with E-state index in [1.807, 2.05) is 25.7 Å². The van der Waals surface area contributed by atoms with E-state index < -0.39 is 11.6 Å². The maximum atomic E-state index is 12.2. The van der Waals surface area contributed by atoms with Gasteiger partial charge in [0.2, 0.25) is 0 Å². The quantitative estimate of drug-likeness (QED) is 0.655. The van der Waals surface area contributed by atoms with Crippen molar-refractivity contribution in [3.05, 3.63) is 29.8 Å². The number of carbonyl (C=O) groups is 2. The highest BCUT2D eigenvalue weighted by atomic mass is 16.6. The van der Waals surface area contributed by atoms with Crippen molar-refractivity contribution in [1.29, 1.82) is 0 Å². The number of aliphatic carboxylic acids is 1. The van der Waals surface area contributed by atoms with Gasteiger partial charge in [-0.2, -0.15) is 0 Å². The Morgan fingerprint density at radius 1 is 0.943 bits per heavy atom. The van der Waals surface area contributed by atoms with Crippen LogP contribution in [0.2, 0.25) is 0 Å². The Kier molecular flexibility index (Phi) is 10.4. The molecule has 8 heteroatoms. The summed E-state index contributed by atoms with van der Waals surface area (Å²) in [5, 5.41) is 11.2. The average molecular weight is 491 g/mol. The summed E-state index contributed by atoms with van der Waals surface area (Å²) in [7, 11) is 0. The minimum absolute atomic E-state index is 0.207. The molecular formula is C27H46N4O4. The van der Waals surface area contributed by atoms with Crippen molar-refractivity contribution in [3.63, 3.8) is 0 Å². The second-order valence-electron chi connectivity index (χ2n) is 11.5. The predicted octanol–water partition coefficient (Wildman–Crippen LogP) is 4.19. The van der Waals surface area contributed by atoms with Crippen LogP contribution in [-0.2, 0) is 16.1 Å². The van der Waals surface area contributed by atoms with Crippen LogP contribution in [0.3, 0.4) is 0 Å². The summed E-state index contributed by atoms with van der Waals surface area (Å²) in [6, 6.07) is 9.49. The zero-order valence-corrected chi connectivity index (χ0v) is 22.8. The summed E-state index contributed by atoms with van der Waals surface area (Å²) in [6.07, 6.45) is 2.23. The molecule has 3 rings (SSSR count). The van der Waals surface area contributed by atoms with Crippen LogP contribution in [0.4, 0.5) is 10.5 Å². The number of amides is 1. The summed E-state index contributed by atoms with van der Waals surface area (Å²) in [4.78, 5) is 28.0. The molecule has 0 bridgehead atoms. The van der Waals surface area contributed by atoms with Crippen LogP contribution >= 0.6 is 0 Å². The SMILES string of the molecule is CC(=O)O.CC(C)(C)OC(=O)N1CCN(c2ccc(CNC3CCN(C(C)(C)C)CC3)cc2)CC1.